The van der Waals surface area contributed by atoms with Crippen molar-refractivity contribution in [3.63, 3.8) is 0 Å². The lowest BCUT2D eigenvalue weighted by atomic mass is 9.90. The number of rotatable bonds is 2. The highest BCUT2D eigenvalue weighted by molar-refractivity contribution is 9.10. The van der Waals surface area contributed by atoms with E-state index in [0.717, 1.165) is 11.6 Å². The summed E-state index contributed by atoms with van der Waals surface area (Å²) in [4.78, 5) is 14.5. The summed E-state index contributed by atoms with van der Waals surface area (Å²) in [6, 6.07) is 7.94. The number of fused-ring (bicyclic) bond motifs is 1. The van der Waals surface area contributed by atoms with Crippen LogP contribution in [0.5, 0.6) is 5.75 Å². The molecule has 1 heterocycles. The predicted molar refractivity (Wildman–Crippen MR) is 107 cm³/mol. The van der Waals surface area contributed by atoms with Crippen molar-refractivity contribution >= 4 is 27.7 Å². The molecule has 0 saturated carbocycles. The quantitative estimate of drug-likeness (QED) is 0.510. The number of carbonyl (C=O) groups is 1. The van der Waals surface area contributed by atoms with Gasteiger partial charge in [-0.15, -0.1) is 0 Å². The van der Waals surface area contributed by atoms with Crippen LogP contribution in [0.15, 0.2) is 34.8 Å². The van der Waals surface area contributed by atoms with Crippen LogP contribution in [0, 0.1) is 11.6 Å². The first-order chi connectivity index (χ1) is 13.1. The molecule has 0 radical (unpaired) electrons. The molecule has 1 atom stereocenters. The number of benzene rings is 2. The molecule has 4 nitrogen and oxygen atoms in total. The number of ether oxygens (including phenoxy) is 2. The van der Waals surface area contributed by atoms with Crippen molar-refractivity contribution in [2.45, 2.75) is 45.3 Å². The van der Waals surface area contributed by atoms with E-state index in [1.807, 2.05) is 18.2 Å². The van der Waals surface area contributed by atoms with Gasteiger partial charge < -0.3 is 9.47 Å². The molecule has 0 N–H and O–H groups in total. The molecule has 0 aromatic heterocycles. The molecule has 0 aliphatic carbocycles. The average molecular weight is 454 g/mol. The first-order valence-corrected chi connectivity index (χ1v) is 9.75. The van der Waals surface area contributed by atoms with Crippen molar-refractivity contribution in [2.24, 2.45) is 0 Å². The van der Waals surface area contributed by atoms with Gasteiger partial charge in [0.1, 0.15) is 11.4 Å². The van der Waals surface area contributed by atoms with Crippen molar-refractivity contribution < 1.29 is 23.0 Å². The minimum Gasteiger partial charge on any atom is -0.496 e. The molecular weight excluding hydrogens is 432 g/mol. The Hall–Kier alpha value is -2.15. The van der Waals surface area contributed by atoms with Gasteiger partial charge in [-0.25, -0.2) is 13.6 Å². The van der Waals surface area contributed by atoms with E-state index in [0.29, 0.717) is 16.6 Å². The van der Waals surface area contributed by atoms with Crippen LogP contribution in [-0.2, 0) is 11.2 Å². The van der Waals surface area contributed by atoms with E-state index in [4.69, 9.17) is 9.47 Å². The molecule has 1 aliphatic heterocycles. The van der Waals surface area contributed by atoms with E-state index in [9.17, 15) is 13.6 Å². The molecule has 1 aliphatic rings. The van der Waals surface area contributed by atoms with Gasteiger partial charge in [-0.2, -0.15) is 0 Å². The van der Waals surface area contributed by atoms with Crippen LogP contribution in [0.3, 0.4) is 0 Å². The summed E-state index contributed by atoms with van der Waals surface area (Å²) in [6.45, 7) is 5.27. The Kier molecular flexibility index (Phi) is 5.66. The Morgan fingerprint density at radius 3 is 2.57 bits per heavy atom. The second-order valence-electron chi connectivity index (χ2n) is 7.63. The summed E-state index contributed by atoms with van der Waals surface area (Å²) in [7, 11) is 1.55. The smallest absolute Gasteiger partial charge is 0.415 e. The second-order valence-corrected chi connectivity index (χ2v) is 8.48. The number of hydrogen-bond donors (Lipinski definition) is 0. The molecule has 2 aromatic carbocycles. The van der Waals surface area contributed by atoms with Crippen molar-refractivity contribution in [3.05, 3.63) is 57.6 Å². The maximum absolute atomic E-state index is 14.5. The van der Waals surface area contributed by atoms with Gasteiger partial charge in [0.25, 0.3) is 0 Å². The Morgan fingerprint density at radius 1 is 1.25 bits per heavy atom. The van der Waals surface area contributed by atoms with E-state index >= 15 is 0 Å². The fourth-order valence-electron chi connectivity index (χ4n) is 3.46. The van der Waals surface area contributed by atoms with Crippen LogP contribution in [0.25, 0.3) is 0 Å². The summed E-state index contributed by atoms with van der Waals surface area (Å²) in [6.07, 6.45) is 0.0509. The molecule has 0 saturated heterocycles. The topological polar surface area (TPSA) is 38.8 Å². The lowest BCUT2D eigenvalue weighted by Crippen LogP contribution is -2.42. The van der Waals surface area contributed by atoms with Gasteiger partial charge in [-0.1, -0.05) is 18.2 Å². The Labute approximate surface area is 171 Å². The van der Waals surface area contributed by atoms with Crippen LogP contribution >= 0.6 is 15.9 Å². The van der Waals surface area contributed by atoms with E-state index in [1.54, 1.807) is 33.9 Å². The summed E-state index contributed by atoms with van der Waals surface area (Å²) in [5, 5.41) is 0. The van der Waals surface area contributed by atoms with Gasteiger partial charge in [0, 0.05) is 15.6 Å². The minimum absolute atomic E-state index is 0.156. The SMILES string of the molecule is COc1ccccc1C1CCc2c(F)c(F)cc(Br)c2N1C(=O)OC(C)(C)C. The summed E-state index contributed by atoms with van der Waals surface area (Å²) in [5.74, 6) is -1.28. The highest BCUT2D eigenvalue weighted by Gasteiger charge is 2.39. The highest BCUT2D eigenvalue weighted by atomic mass is 79.9. The van der Waals surface area contributed by atoms with Crippen LogP contribution in [-0.4, -0.2) is 18.8 Å². The number of methoxy groups -OCH3 is 1. The van der Waals surface area contributed by atoms with E-state index in [1.165, 1.54) is 4.90 Å². The number of nitrogens with zero attached hydrogens (tertiary/aromatic N) is 1. The maximum Gasteiger partial charge on any atom is 0.415 e. The van der Waals surface area contributed by atoms with Gasteiger partial charge in [0.2, 0.25) is 0 Å². The summed E-state index contributed by atoms with van der Waals surface area (Å²) in [5.41, 5.74) is 0.475. The van der Waals surface area contributed by atoms with E-state index < -0.39 is 29.4 Å². The van der Waals surface area contributed by atoms with Crippen molar-refractivity contribution in [2.75, 3.05) is 12.0 Å². The number of amides is 1. The van der Waals surface area contributed by atoms with Gasteiger partial charge in [-0.3, -0.25) is 4.90 Å². The van der Waals surface area contributed by atoms with Crippen molar-refractivity contribution in [1.29, 1.82) is 0 Å². The molecule has 2 aromatic rings. The zero-order valence-corrected chi connectivity index (χ0v) is 17.8. The first-order valence-electron chi connectivity index (χ1n) is 8.95. The third-order valence-corrected chi connectivity index (χ3v) is 5.15. The van der Waals surface area contributed by atoms with Gasteiger partial charge >= 0.3 is 6.09 Å². The molecule has 3 rings (SSSR count). The minimum atomic E-state index is -0.953. The second kappa shape index (κ2) is 7.70. The molecular formula is C21H22BrF2NO3. The molecule has 1 unspecified atom stereocenters. The van der Waals surface area contributed by atoms with Crippen LogP contribution < -0.4 is 9.64 Å². The number of para-hydroxylation sites is 1. The molecule has 7 heteroatoms. The number of halogens is 3. The third kappa shape index (κ3) is 3.85. The maximum atomic E-state index is 14.5. The van der Waals surface area contributed by atoms with Crippen LogP contribution in [0.2, 0.25) is 0 Å². The lowest BCUT2D eigenvalue weighted by molar-refractivity contribution is 0.0559. The largest absolute Gasteiger partial charge is 0.496 e. The van der Waals surface area contributed by atoms with Crippen molar-refractivity contribution in [3.8, 4) is 5.75 Å². The number of anilines is 1. The van der Waals surface area contributed by atoms with Gasteiger partial charge in [0.05, 0.1) is 18.8 Å². The van der Waals surface area contributed by atoms with Gasteiger partial charge in [-0.05, 0) is 61.7 Å². The third-order valence-electron chi connectivity index (χ3n) is 4.55. The molecule has 0 fully saturated rings. The summed E-state index contributed by atoms with van der Waals surface area (Å²) >= 11 is 3.30. The standard InChI is InChI=1S/C21H22BrF2NO3/c1-21(2,3)28-20(26)25-16(12-7-5-6-8-17(12)27-4)10-9-13-18(24)15(23)11-14(22)19(13)25/h5-8,11,16H,9-10H2,1-4H3. The lowest BCUT2D eigenvalue weighted by Gasteiger charge is -2.39. The molecule has 28 heavy (non-hydrogen) atoms. The van der Waals surface area contributed by atoms with E-state index in [2.05, 4.69) is 15.9 Å². The first kappa shape index (κ1) is 20.6. The normalized spacial score (nSPS) is 16.5. The molecule has 0 bridgehead atoms. The number of hydrogen-bond acceptors (Lipinski definition) is 3. The molecule has 150 valence electrons. The Balaban J connectivity index is 2.19. The Morgan fingerprint density at radius 2 is 1.93 bits per heavy atom. The zero-order valence-electron chi connectivity index (χ0n) is 16.2. The average Bonchev–Trinajstić information content (AvgIpc) is 2.63. The molecule has 1 amide bonds. The zero-order chi connectivity index (χ0) is 20.6. The highest BCUT2D eigenvalue weighted by Crippen LogP contribution is 2.46. The van der Waals surface area contributed by atoms with Crippen LogP contribution in [0.1, 0.15) is 44.4 Å². The predicted octanol–water partition coefficient (Wildman–Crippen LogP) is 6.16. The molecule has 0 spiro atoms. The van der Waals surface area contributed by atoms with Gasteiger partial charge in [0.15, 0.2) is 11.6 Å². The van der Waals surface area contributed by atoms with Crippen LogP contribution in [0.4, 0.5) is 19.3 Å². The van der Waals surface area contributed by atoms with Crippen molar-refractivity contribution in [1.82, 2.24) is 0 Å². The van der Waals surface area contributed by atoms with E-state index in [-0.39, 0.29) is 17.7 Å². The Bertz CT molecular complexity index is 911. The monoisotopic (exact) mass is 453 g/mol. The fourth-order valence-corrected chi connectivity index (χ4v) is 4.09. The summed E-state index contributed by atoms with van der Waals surface area (Å²) < 4.78 is 39.8. The number of carbonyl (C=O) groups excluding carboxylic acids is 1. The fraction of sp³-hybridized carbons (Fsp3) is 0.381.